The Hall–Kier alpha value is -1.85. The Kier molecular flexibility index (Phi) is 14.8. The maximum atomic E-state index is 11.0. The number of aromatic nitrogens is 2. The van der Waals surface area contributed by atoms with Gasteiger partial charge in [0.2, 0.25) is 0 Å². The Bertz CT molecular complexity index is 906. The number of carbonyl (C=O) groups excluding carboxylic acids is 1. The van der Waals surface area contributed by atoms with Gasteiger partial charge in [-0.05, 0) is 50.7 Å². The molecule has 1 aromatic heterocycles. The normalized spacial score (nSPS) is 11.9. The van der Waals surface area contributed by atoms with Gasteiger partial charge in [-0.1, -0.05) is 87.6 Å². The minimum atomic E-state index is -0.228. The van der Waals surface area contributed by atoms with Crippen LogP contribution in [0.1, 0.15) is 103 Å². The van der Waals surface area contributed by atoms with Gasteiger partial charge in [0, 0.05) is 12.5 Å². The summed E-state index contributed by atoms with van der Waals surface area (Å²) in [4.78, 5) is 19.9. The minimum absolute atomic E-state index is 0.0401. The summed E-state index contributed by atoms with van der Waals surface area (Å²) in [7, 11) is 0. The van der Waals surface area contributed by atoms with Crippen molar-refractivity contribution in [2.24, 2.45) is 0 Å². The second-order valence-corrected chi connectivity index (χ2v) is 10.2. The van der Waals surface area contributed by atoms with Crippen LogP contribution < -0.4 is 4.74 Å². The topological polar surface area (TPSA) is 61.3 Å². The summed E-state index contributed by atoms with van der Waals surface area (Å²) in [6.45, 7) is 6.30. The zero-order valence-electron chi connectivity index (χ0n) is 22.2. The fraction of sp³-hybridized carbons (Fsp3) is 0.621. The van der Waals surface area contributed by atoms with Gasteiger partial charge in [-0.2, -0.15) is 0 Å². The van der Waals surface area contributed by atoms with E-state index in [2.05, 4.69) is 16.9 Å². The van der Waals surface area contributed by atoms with E-state index in [-0.39, 0.29) is 12.1 Å². The predicted molar refractivity (Wildman–Crippen MR) is 149 cm³/mol. The summed E-state index contributed by atoms with van der Waals surface area (Å²) in [5.74, 6) is 0.977. The molecule has 1 aromatic carbocycles. The first kappa shape index (κ1) is 30.4. The molecule has 200 valence electrons. The van der Waals surface area contributed by atoms with E-state index in [0.717, 1.165) is 49.7 Å². The number of ether oxygens (including phenoxy) is 2. The second kappa shape index (κ2) is 17.6. The quantitative estimate of drug-likeness (QED) is 0.140. The van der Waals surface area contributed by atoms with Crippen LogP contribution in [0.15, 0.2) is 24.5 Å². The predicted octanol–water partition coefficient (Wildman–Crippen LogP) is 9.02. The van der Waals surface area contributed by atoms with Crippen molar-refractivity contribution < 1.29 is 14.3 Å². The highest BCUT2D eigenvalue weighted by Gasteiger charge is 2.14. The van der Waals surface area contributed by atoms with Gasteiger partial charge < -0.3 is 9.47 Å². The van der Waals surface area contributed by atoms with E-state index in [4.69, 9.17) is 32.7 Å². The molecule has 0 bridgehead atoms. The third kappa shape index (κ3) is 11.5. The third-order valence-corrected chi connectivity index (χ3v) is 7.14. The summed E-state index contributed by atoms with van der Waals surface area (Å²) in [6, 6.07) is 3.93. The highest BCUT2D eigenvalue weighted by Crippen LogP contribution is 2.35. The Morgan fingerprint density at radius 1 is 0.889 bits per heavy atom. The molecular formula is C29H42Cl2N2O3. The van der Waals surface area contributed by atoms with Gasteiger partial charge in [-0.25, -0.2) is 9.97 Å². The van der Waals surface area contributed by atoms with Crippen LogP contribution in [0.25, 0.3) is 11.4 Å². The molecule has 0 N–H and O–H groups in total. The molecule has 0 saturated carbocycles. The molecule has 5 nitrogen and oxygen atoms in total. The molecule has 36 heavy (non-hydrogen) atoms. The average molecular weight is 538 g/mol. The van der Waals surface area contributed by atoms with Crippen LogP contribution in [0, 0.1) is 0 Å². The summed E-state index contributed by atoms with van der Waals surface area (Å²) in [6.07, 6.45) is 18.2. The van der Waals surface area contributed by atoms with Gasteiger partial charge in [-0.15, -0.1) is 0 Å². The zero-order valence-corrected chi connectivity index (χ0v) is 23.7. The highest BCUT2D eigenvalue weighted by atomic mass is 35.5. The second-order valence-electron chi connectivity index (χ2n) is 9.49. The number of hydrogen-bond donors (Lipinski definition) is 0. The largest absolute Gasteiger partial charge is 0.490 e. The van der Waals surface area contributed by atoms with Crippen molar-refractivity contribution in [2.45, 2.75) is 110 Å². The number of carbonyl (C=O) groups is 1. The molecule has 0 radical (unpaired) electrons. The van der Waals surface area contributed by atoms with Gasteiger partial charge in [0.05, 0.1) is 35.1 Å². The molecule has 7 heteroatoms. The van der Waals surface area contributed by atoms with Gasteiger partial charge in [-0.3, -0.25) is 4.79 Å². The van der Waals surface area contributed by atoms with Crippen LogP contribution in [-0.2, 0) is 16.0 Å². The molecule has 0 aliphatic carbocycles. The molecule has 1 heterocycles. The lowest BCUT2D eigenvalue weighted by atomic mass is 10.0. The molecule has 0 aliphatic heterocycles. The first-order chi connectivity index (χ1) is 17.4. The summed E-state index contributed by atoms with van der Waals surface area (Å²) < 4.78 is 11.0. The molecule has 1 unspecified atom stereocenters. The standard InChI is InChI=1S/C29H42Cl2N2O3/c1-4-5-6-7-8-9-10-14-19-35-25-20-32-29(33-21-25)26-18-17-24(27(30)28(26)31)16-13-11-12-15-22(2)36-23(3)34/h17-18,20-22H,4-16,19H2,1-3H3. The van der Waals surface area contributed by atoms with Crippen molar-refractivity contribution in [2.75, 3.05) is 6.61 Å². The summed E-state index contributed by atoms with van der Waals surface area (Å²) in [5, 5.41) is 1.03. The molecule has 2 aromatic rings. The van der Waals surface area contributed by atoms with Crippen molar-refractivity contribution in [3.63, 3.8) is 0 Å². The van der Waals surface area contributed by atoms with Crippen molar-refractivity contribution in [1.82, 2.24) is 9.97 Å². The molecule has 2 rings (SSSR count). The molecule has 0 fully saturated rings. The van der Waals surface area contributed by atoms with Crippen molar-refractivity contribution in [3.05, 3.63) is 40.1 Å². The van der Waals surface area contributed by atoms with Gasteiger partial charge in [0.15, 0.2) is 11.6 Å². The third-order valence-electron chi connectivity index (χ3n) is 6.22. The molecular weight excluding hydrogens is 495 g/mol. The van der Waals surface area contributed by atoms with Gasteiger partial charge in [0.1, 0.15) is 0 Å². The number of nitrogens with zero attached hydrogens (tertiary/aromatic N) is 2. The van der Waals surface area contributed by atoms with Crippen LogP contribution in [0.4, 0.5) is 0 Å². The van der Waals surface area contributed by atoms with E-state index in [1.165, 1.54) is 51.9 Å². The van der Waals surface area contributed by atoms with Crippen LogP contribution in [0.5, 0.6) is 5.75 Å². The summed E-state index contributed by atoms with van der Waals surface area (Å²) in [5.41, 5.74) is 1.74. The number of hydrogen-bond acceptors (Lipinski definition) is 5. The fourth-order valence-electron chi connectivity index (χ4n) is 4.18. The maximum absolute atomic E-state index is 11.0. The van der Waals surface area contributed by atoms with Crippen LogP contribution in [0.3, 0.4) is 0 Å². The van der Waals surface area contributed by atoms with E-state index < -0.39 is 0 Å². The number of aryl methyl sites for hydroxylation is 1. The lowest BCUT2D eigenvalue weighted by molar-refractivity contribution is -0.145. The number of halogens is 2. The smallest absolute Gasteiger partial charge is 0.302 e. The van der Waals surface area contributed by atoms with E-state index in [9.17, 15) is 4.79 Å². The van der Waals surface area contributed by atoms with Crippen LogP contribution >= 0.6 is 23.2 Å². The molecule has 0 saturated heterocycles. The Balaban J connectivity index is 1.75. The van der Waals surface area contributed by atoms with E-state index in [1.807, 2.05) is 19.1 Å². The number of rotatable bonds is 18. The van der Waals surface area contributed by atoms with Crippen LogP contribution in [-0.4, -0.2) is 28.6 Å². The lowest BCUT2D eigenvalue weighted by Gasteiger charge is -2.12. The monoisotopic (exact) mass is 536 g/mol. The first-order valence-corrected chi connectivity index (χ1v) is 14.3. The average Bonchev–Trinajstić information content (AvgIpc) is 2.85. The van der Waals surface area contributed by atoms with E-state index in [1.54, 1.807) is 12.4 Å². The molecule has 1 atom stereocenters. The lowest BCUT2D eigenvalue weighted by Crippen LogP contribution is -2.11. The Morgan fingerprint density at radius 2 is 1.53 bits per heavy atom. The van der Waals surface area contributed by atoms with Crippen molar-refractivity contribution >= 4 is 29.2 Å². The Labute approximate surface area is 227 Å². The summed E-state index contributed by atoms with van der Waals surface area (Å²) >= 11 is 13.2. The number of unbranched alkanes of at least 4 members (excludes halogenated alkanes) is 9. The van der Waals surface area contributed by atoms with E-state index >= 15 is 0 Å². The molecule has 0 spiro atoms. The fourth-order valence-corrected chi connectivity index (χ4v) is 4.71. The minimum Gasteiger partial charge on any atom is -0.490 e. The van der Waals surface area contributed by atoms with Crippen molar-refractivity contribution in [3.8, 4) is 17.1 Å². The molecule has 0 amide bonds. The number of benzene rings is 1. The van der Waals surface area contributed by atoms with Gasteiger partial charge in [0.25, 0.3) is 0 Å². The maximum Gasteiger partial charge on any atom is 0.302 e. The van der Waals surface area contributed by atoms with Gasteiger partial charge >= 0.3 is 5.97 Å². The highest BCUT2D eigenvalue weighted by molar-refractivity contribution is 6.44. The van der Waals surface area contributed by atoms with E-state index in [0.29, 0.717) is 28.2 Å². The SMILES string of the molecule is CCCCCCCCCCOc1cnc(-c2ccc(CCCCCC(C)OC(C)=O)c(Cl)c2Cl)nc1. The zero-order chi connectivity index (χ0) is 26.2. The Morgan fingerprint density at radius 3 is 2.19 bits per heavy atom. The first-order valence-electron chi connectivity index (χ1n) is 13.5. The van der Waals surface area contributed by atoms with Crippen molar-refractivity contribution in [1.29, 1.82) is 0 Å². The van der Waals surface area contributed by atoms with Crippen LogP contribution in [0.2, 0.25) is 10.0 Å². The number of esters is 1. The molecule has 0 aliphatic rings.